The minimum absolute atomic E-state index is 0.0375. The Bertz CT molecular complexity index is 882. The molecule has 0 unspecified atom stereocenters. The van der Waals surface area contributed by atoms with Gasteiger partial charge in [0, 0.05) is 13.3 Å². The van der Waals surface area contributed by atoms with Crippen LogP contribution < -0.4 is 5.56 Å². The van der Waals surface area contributed by atoms with E-state index in [4.69, 9.17) is 16.3 Å². The van der Waals surface area contributed by atoms with E-state index in [0.717, 1.165) is 4.57 Å². The number of halogens is 1. The molecule has 0 bridgehead atoms. The molecule has 1 aromatic heterocycles. The van der Waals surface area contributed by atoms with E-state index in [2.05, 4.69) is 4.99 Å². The lowest BCUT2D eigenvalue weighted by Crippen LogP contribution is -2.26. The summed E-state index contributed by atoms with van der Waals surface area (Å²) in [7, 11) is 1.49. The number of pyridine rings is 1. The van der Waals surface area contributed by atoms with Gasteiger partial charge in [-0.05, 0) is 24.6 Å². The molecule has 0 spiro atoms. The van der Waals surface area contributed by atoms with Crippen LogP contribution >= 0.6 is 11.6 Å². The van der Waals surface area contributed by atoms with Gasteiger partial charge >= 0.3 is 0 Å². The summed E-state index contributed by atoms with van der Waals surface area (Å²) in [6.45, 7) is 1.94. The summed E-state index contributed by atoms with van der Waals surface area (Å²) in [5.41, 5.74) is 0.585. The lowest BCUT2D eigenvalue weighted by atomic mass is 10.1. The molecule has 6 nitrogen and oxygen atoms in total. The largest absolute Gasteiger partial charge is 0.494 e. The fraction of sp³-hybridized carbons (Fsp3) is 0.235. The zero-order valence-electron chi connectivity index (χ0n) is 13.3. The molecular formula is C17H16ClN3O3. The van der Waals surface area contributed by atoms with Crippen molar-refractivity contribution in [3.05, 3.63) is 56.3 Å². The van der Waals surface area contributed by atoms with Crippen LogP contribution in [0.15, 0.2) is 34.1 Å². The quantitative estimate of drug-likeness (QED) is 0.844. The van der Waals surface area contributed by atoms with E-state index in [1.54, 1.807) is 31.2 Å². The van der Waals surface area contributed by atoms with Crippen molar-refractivity contribution in [1.29, 1.82) is 5.26 Å². The van der Waals surface area contributed by atoms with E-state index >= 15 is 0 Å². The van der Waals surface area contributed by atoms with Gasteiger partial charge < -0.3 is 9.84 Å². The molecule has 0 saturated heterocycles. The molecule has 0 saturated carbocycles. The maximum atomic E-state index is 12.3. The molecule has 7 heteroatoms. The first-order valence-electron chi connectivity index (χ1n) is 7.15. The van der Waals surface area contributed by atoms with Gasteiger partial charge in [-0.1, -0.05) is 23.7 Å². The SMILES string of the molecule is COCCn1c(O)c(C=Nc2ccccc2Cl)c(C)c(C#N)c1=O. The summed E-state index contributed by atoms with van der Waals surface area (Å²) in [5, 5.41) is 20.1. The summed E-state index contributed by atoms with van der Waals surface area (Å²) in [5.74, 6) is -0.260. The number of hydrogen-bond donors (Lipinski definition) is 1. The molecule has 2 rings (SSSR count). The van der Waals surface area contributed by atoms with Gasteiger partial charge in [-0.15, -0.1) is 0 Å². The minimum atomic E-state index is -0.556. The van der Waals surface area contributed by atoms with Gasteiger partial charge in [-0.2, -0.15) is 5.26 Å². The van der Waals surface area contributed by atoms with Crippen molar-refractivity contribution in [2.45, 2.75) is 13.5 Å². The number of methoxy groups -OCH3 is 1. The molecule has 2 aromatic rings. The summed E-state index contributed by atoms with van der Waals surface area (Å²) >= 11 is 6.05. The topological polar surface area (TPSA) is 87.6 Å². The highest BCUT2D eigenvalue weighted by Gasteiger charge is 2.17. The van der Waals surface area contributed by atoms with Crippen LogP contribution in [0.25, 0.3) is 0 Å². The third kappa shape index (κ3) is 3.48. The molecule has 0 amide bonds. The van der Waals surface area contributed by atoms with E-state index < -0.39 is 5.56 Å². The van der Waals surface area contributed by atoms with Crippen LogP contribution in [0.1, 0.15) is 16.7 Å². The number of aliphatic imine (C=N–C) groups is 1. The Morgan fingerprint density at radius 3 is 2.79 bits per heavy atom. The Balaban J connectivity index is 2.59. The molecular weight excluding hydrogens is 330 g/mol. The highest BCUT2D eigenvalue weighted by Crippen LogP contribution is 2.25. The molecule has 1 N–H and O–H groups in total. The number of hydrogen-bond acceptors (Lipinski definition) is 5. The minimum Gasteiger partial charge on any atom is -0.494 e. The van der Waals surface area contributed by atoms with Crippen LogP contribution in [-0.2, 0) is 11.3 Å². The van der Waals surface area contributed by atoms with E-state index in [1.165, 1.54) is 13.3 Å². The fourth-order valence-corrected chi connectivity index (χ4v) is 2.39. The van der Waals surface area contributed by atoms with Crippen molar-refractivity contribution in [2.75, 3.05) is 13.7 Å². The molecule has 1 aromatic carbocycles. The molecule has 1 heterocycles. The maximum Gasteiger partial charge on any atom is 0.271 e. The first-order valence-corrected chi connectivity index (χ1v) is 7.53. The van der Waals surface area contributed by atoms with E-state index in [1.807, 2.05) is 6.07 Å². The fourth-order valence-electron chi connectivity index (χ4n) is 2.21. The highest BCUT2D eigenvalue weighted by atomic mass is 35.5. The summed E-state index contributed by atoms with van der Waals surface area (Å²) in [6.07, 6.45) is 1.40. The molecule has 0 fully saturated rings. The van der Waals surface area contributed by atoms with Crippen molar-refractivity contribution < 1.29 is 9.84 Å². The number of nitrogens with zero attached hydrogens (tertiary/aromatic N) is 3. The molecule has 0 aliphatic rings. The third-order valence-corrected chi connectivity index (χ3v) is 3.87. The van der Waals surface area contributed by atoms with Crippen molar-refractivity contribution in [1.82, 2.24) is 4.57 Å². The lowest BCUT2D eigenvalue weighted by Gasteiger charge is -2.13. The Labute approximate surface area is 144 Å². The van der Waals surface area contributed by atoms with Crippen LogP contribution in [0.2, 0.25) is 5.02 Å². The van der Waals surface area contributed by atoms with Crippen LogP contribution in [0.5, 0.6) is 5.88 Å². The second kappa shape index (κ2) is 7.77. The van der Waals surface area contributed by atoms with Crippen LogP contribution in [0, 0.1) is 18.3 Å². The maximum absolute atomic E-state index is 12.3. The zero-order valence-corrected chi connectivity index (χ0v) is 14.0. The average molecular weight is 346 g/mol. The van der Waals surface area contributed by atoms with Gasteiger partial charge in [0.2, 0.25) is 5.88 Å². The molecule has 0 atom stereocenters. The summed E-state index contributed by atoms with van der Waals surface area (Å²) < 4.78 is 6.04. The van der Waals surface area contributed by atoms with Gasteiger partial charge in [-0.25, -0.2) is 0 Å². The monoisotopic (exact) mass is 345 g/mol. The molecule has 24 heavy (non-hydrogen) atoms. The van der Waals surface area contributed by atoms with Gasteiger partial charge in [0.1, 0.15) is 11.6 Å². The predicted molar refractivity (Wildman–Crippen MR) is 92.4 cm³/mol. The van der Waals surface area contributed by atoms with Crippen molar-refractivity contribution >= 4 is 23.5 Å². The Hall–Kier alpha value is -2.62. The molecule has 0 aliphatic heterocycles. The number of para-hydroxylation sites is 1. The number of aromatic hydroxyl groups is 1. The van der Waals surface area contributed by atoms with E-state index in [9.17, 15) is 15.2 Å². The van der Waals surface area contributed by atoms with Gasteiger partial charge in [-0.3, -0.25) is 14.4 Å². The predicted octanol–water partition coefficient (Wildman–Crippen LogP) is 2.78. The number of aromatic nitrogens is 1. The van der Waals surface area contributed by atoms with Gasteiger partial charge in [0.15, 0.2) is 0 Å². The zero-order chi connectivity index (χ0) is 17.7. The van der Waals surface area contributed by atoms with Gasteiger partial charge in [0.05, 0.1) is 29.4 Å². The van der Waals surface area contributed by atoms with E-state index in [-0.39, 0.29) is 24.6 Å². The molecule has 124 valence electrons. The van der Waals surface area contributed by atoms with Crippen molar-refractivity contribution in [2.24, 2.45) is 4.99 Å². The lowest BCUT2D eigenvalue weighted by molar-refractivity contribution is 0.182. The smallest absolute Gasteiger partial charge is 0.271 e. The first-order chi connectivity index (χ1) is 11.5. The summed E-state index contributed by atoms with van der Waals surface area (Å²) in [4.78, 5) is 16.5. The molecule has 0 aliphatic carbocycles. The van der Waals surface area contributed by atoms with Crippen molar-refractivity contribution in [3.63, 3.8) is 0 Å². The number of rotatable bonds is 5. The van der Waals surface area contributed by atoms with Crippen LogP contribution in [0.4, 0.5) is 5.69 Å². The Morgan fingerprint density at radius 2 is 2.17 bits per heavy atom. The van der Waals surface area contributed by atoms with E-state index in [0.29, 0.717) is 21.8 Å². The van der Waals surface area contributed by atoms with Crippen molar-refractivity contribution in [3.8, 4) is 11.9 Å². The number of ether oxygens (including phenoxy) is 1. The van der Waals surface area contributed by atoms with Crippen LogP contribution in [-0.4, -0.2) is 29.6 Å². The normalized spacial score (nSPS) is 10.9. The number of nitriles is 1. The van der Waals surface area contributed by atoms with Crippen LogP contribution in [0.3, 0.4) is 0 Å². The standard InChI is InChI=1S/C17H16ClN3O3/c1-11-12(9-19)16(22)21(7-8-24-2)17(23)13(11)10-20-15-6-4-3-5-14(15)18/h3-6,10,23H,7-8H2,1-2H3. The first kappa shape index (κ1) is 17.7. The number of benzene rings is 1. The second-order valence-corrected chi connectivity index (χ2v) is 5.42. The van der Waals surface area contributed by atoms with Gasteiger partial charge in [0.25, 0.3) is 5.56 Å². The summed E-state index contributed by atoms with van der Waals surface area (Å²) in [6, 6.07) is 8.86. The Morgan fingerprint density at radius 1 is 1.46 bits per heavy atom. The molecule has 0 radical (unpaired) electrons. The Kier molecular flexibility index (Phi) is 5.74. The highest BCUT2D eigenvalue weighted by molar-refractivity contribution is 6.33. The third-order valence-electron chi connectivity index (χ3n) is 3.55. The second-order valence-electron chi connectivity index (χ2n) is 5.01. The average Bonchev–Trinajstić information content (AvgIpc) is 2.56.